The van der Waals surface area contributed by atoms with Crippen molar-refractivity contribution in [1.82, 2.24) is 0 Å². The molecule has 1 fully saturated rings. The highest BCUT2D eigenvalue weighted by molar-refractivity contribution is 5.15. The molecule has 3 aromatic carbocycles. The van der Waals surface area contributed by atoms with E-state index in [1.807, 2.05) is 91.0 Å². The van der Waals surface area contributed by atoms with Crippen molar-refractivity contribution in [3.63, 3.8) is 0 Å². The van der Waals surface area contributed by atoms with Crippen molar-refractivity contribution in [1.29, 1.82) is 0 Å². The second kappa shape index (κ2) is 12.0. The van der Waals surface area contributed by atoms with Crippen molar-refractivity contribution in [2.75, 3.05) is 6.61 Å². The highest BCUT2D eigenvalue weighted by Gasteiger charge is 2.46. The summed E-state index contributed by atoms with van der Waals surface area (Å²) in [5.74, 6) is 0. The molecular weight excluding hydrogens is 420 g/mol. The lowest BCUT2D eigenvalue weighted by molar-refractivity contribution is -0.307. The van der Waals surface area contributed by atoms with Crippen molar-refractivity contribution in [2.45, 2.75) is 50.5 Å². The fourth-order valence-electron chi connectivity index (χ4n) is 3.84. The van der Waals surface area contributed by atoms with Crippen LogP contribution in [0.1, 0.15) is 16.7 Å². The van der Waals surface area contributed by atoms with Gasteiger partial charge in [0.1, 0.15) is 24.4 Å². The molecule has 0 saturated carbocycles. The first kappa shape index (κ1) is 23.6. The Balaban J connectivity index is 1.46. The Hall–Kier alpha value is -2.58. The number of benzene rings is 3. The summed E-state index contributed by atoms with van der Waals surface area (Å²) in [4.78, 5) is 0. The first-order chi connectivity index (χ1) is 16.2. The van der Waals surface area contributed by atoms with Crippen molar-refractivity contribution >= 4 is 0 Å². The molecule has 174 valence electrons. The zero-order valence-corrected chi connectivity index (χ0v) is 18.4. The van der Waals surface area contributed by atoms with Crippen LogP contribution in [0.5, 0.6) is 0 Å². The number of aliphatic hydroxyl groups excluding tert-OH is 2. The lowest BCUT2D eigenvalue weighted by atomic mass is 9.98. The quantitative estimate of drug-likeness (QED) is 0.493. The Morgan fingerprint density at radius 3 is 1.58 bits per heavy atom. The molecule has 3 aromatic rings. The molecule has 2 N–H and O–H groups in total. The van der Waals surface area contributed by atoms with Crippen LogP contribution in [0.15, 0.2) is 91.0 Å². The molecule has 6 nitrogen and oxygen atoms in total. The van der Waals surface area contributed by atoms with E-state index >= 15 is 0 Å². The number of hydrogen-bond donors (Lipinski definition) is 2. The van der Waals surface area contributed by atoms with Gasteiger partial charge in [0.2, 0.25) is 0 Å². The maximum atomic E-state index is 10.7. The molecule has 0 bridgehead atoms. The van der Waals surface area contributed by atoms with E-state index in [1.165, 1.54) is 0 Å². The Bertz CT molecular complexity index is 937. The monoisotopic (exact) mass is 450 g/mol. The molecule has 0 spiro atoms. The largest absolute Gasteiger partial charge is 0.385 e. The average molecular weight is 451 g/mol. The molecule has 1 aliphatic rings. The van der Waals surface area contributed by atoms with Gasteiger partial charge in [0.15, 0.2) is 6.29 Å². The third-order valence-corrected chi connectivity index (χ3v) is 5.60. The summed E-state index contributed by atoms with van der Waals surface area (Å²) in [6, 6.07) is 29.3. The normalized spacial score (nSPS) is 25.1. The molecule has 0 radical (unpaired) electrons. The van der Waals surface area contributed by atoms with Crippen LogP contribution in [-0.2, 0) is 38.8 Å². The summed E-state index contributed by atoms with van der Waals surface area (Å²) in [5.41, 5.74) is 2.99. The van der Waals surface area contributed by atoms with Crippen LogP contribution in [0, 0.1) is 0 Å². The number of hydrogen-bond acceptors (Lipinski definition) is 6. The zero-order chi connectivity index (χ0) is 22.9. The topological polar surface area (TPSA) is 77.4 Å². The van der Waals surface area contributed by atoms with Crippen LogP contribution in [0.3, 0.4) is 0 Å². The molecule has 1 heterocycles. The fourth-order valence-corrected chi connectivity index (χ4v) is 3.84. The van der Waals surface area contributed by atoms with E-state index in [-0.39, 0.29) is 13.2 Å². The summed E-state index contributed by atoms with van der Waals surface area (Å²) in [6.07, 6.45) is -4.68. The molecular formula is C27H30O6. The van der Waals surface area contributed by atoms with Gasteiger partial charge in [-0.2, -0.15) is 0 Å². The lowest BCUT2D eigenvalue weighted by Gasteiger charge is -2.42. The van der Waals surface area contributed by atoms with Gasteiger partial charge in [0, 0.05) is 0 Å². The van der Waals surface area contributed by atoms with Gasteiger partial charge in [-0.3, -0.25) is 0 Å². The Morgan fingerprint density at radius 1 is 0.606 bits per heavy atom. The van der Waals surface area contributed by atoms with Gasteiger partial charge in [-0.25, -0.2) is 0 Å². The van der Waals surface area contributed by atoms with E-state index < -0.39 is 30.7 Å². The molecule has 0 aromatic heterocycles. The Kier molecular flexibility index (Phi) is 8.60. The van der Waals surface area contributed by atoms with Crippen molar-refractivity contribution in [3.05, 3.63) is 108 Å². The van der Waals surface area contributed by atoms with E-state index in [0.717, 1.165) is 16.7 Å². The number of aliphatic hydroxyl groups is 2. The summed E-state index contributed by atoms with van der Waals surface area (Å²) in [6.45, 7) is 1.18. The predicted molar refractivity (Wildman–Crippen MR) is 123 cm³/mol. The molecule has 6 heteroatoms. The zero-order valence-electron chi connectivity index (χ0n) is 18.4. The average Bonchev–Trinajstić information content (AvgIpc) is 2.86. The molecule has 4 rings (SSSR count). The Labute approximate surface area is 194 Å². The molecule has 1 saturated heterocycles. The molecule has 5 atom stereocenters. The van der Waals surface area contributed by atoms with Crippen LogP contribution in [-0.4, -0.2) is 47.5 Å². The van der Waals surface area contributed by atoms with Crippen molar-refractivity contribution in [3.8, 4) is 0 Å². The van der Waals surface area contributed by atoms with E-state index in [4.69, 9.17) is 18.9 Å². The van der Waals surface area contributed by atoms with Gasteiger partial charge in [-0.15, -0.1) is 0 Å². The highest BCUT2D eigenvalue weighted by atomic mass is 16.7. The number of rotatable bonds is 10. The van der Waals surface area contributed by atoms with Gasteiger partial charge in [-0.1, -0.05) is 91.0 Å². The first-order valence-corrected chi connectivity index (χ1v) is 11.1. The van der Waals surface area contributed by atoms with Gasteiger partial charge in [0.25, 0.3) is 0 Å². The molecule has 0 aliphatic carbocycles. The molecule has 33 heavy (non-hydrogen) atoms. The smallest absolute Gasteiger partial charge is 0.184 e. The summed E-state index contributed by atoms with van der Waals surface area (Å²) in [7, 11) is 0. The predicted octanol–water partition coefficient (Wildman–Crippen LogP) is 3.45. The standard InChI is InChI=1S/C27H30O6/c28-24-26(32-18-22-14-8-3-9-15-22)25(31-17-21-12-6-2-7-13-21)23(33-27(24)29)19-30-16-20-10-4-1-5-11-20/h1-15,23-29H,16-19H2/t23-,24+,25+,26-,27+/m1/s1. The summed E-state index contributed by atoms with van der Waals surface area (Å²) < 4.78 is 23.9. The molecule has 1 aliphatic heterocycles. The van der Waals surface area contributed by atoms with Crippen LogP contribution in [0.4, 0.5) is 0 Å². The SMILES string of the molecule is O[C@H]1[C@@H](OCc2ccccc2)[C@@H](OCc2ccccc2)[C@@H](COCc2ccccc2)O[C@@H]1O. The minimum absolute atomic E-state index is 0.184. The maximum absolute atomic E-state index is 10.7. The second-order valence-corrected chi connectivity index (χ2v) is 8.08. The third-order valence-electron chi connectivity index (χ3n) is 5.60. The minimum atomic E-state index is -1.40. The highest BCUT2D eigenvalue weighted by Crippen LogP contribution is 2.27. The third kappa shape index (κ3) is 6.71. The first-order valence-electron chi connectivity index (χ1n) is 11.1. The van der Waals surface area contributed by atoms with Crippen LogP contribution >= 0.6 is 0 Å². The van der Waals surface area contributed by atoms with E-state index in [9.17, 15) is 10.2 Å². The van der Waals surface area contributed by atoms with Crippen molar-refractivity contribution in [2.24, 2.45) is 0 Å². The second-order valence-electron chi connectivity index (χ2n) is 8.08. The van der Waals surface area contributed by atoms with E-state index in [1.54, 1.807) is 0 Å². The maximum Gasteiger partial charge on any atom is 0.184 e. The van der Waals surface area contributed by atoms with E-state index in [0.29, 0.717) is 13.2 Å². The van der Waals surface area contributed by atoms with Crippen LogP contribution < -0.4 is 0 Å². The van der Waals surface area contributed by atoms with Crippen LogP contribution in [0.25, 0.3) is 0 Å². The summed E-state index contributed by atoms with van der Waals surface area (Å²) in [5, 5.41) is 21.1. The van der Waals surface area contributed by atoms with Crippen LogP contribution in [0.2, 0.25) is 0 Å². The van der Waals surface area contributed by atoms with Gasteiger partial charge >= 0.3 is 0 Å². The van der Waals surface area contributed by atoms with E-state index in [2.05, 4.69) is 0 Å². The minimum Gasteiger partial charge on any atom is -0.385 e. The number of ether oxygens (including phenoxy) is 4. The van der Waals surface area contributed by atoms with Gasteiger partial charge < -0.3 is 29.2 Å². The fraction of sp³-hybridized carbons (Fsp3) is 0.333. The molecule has 0 unspecified atom stereocenters. The Morgan fingerprint density at radius 2 is 1.06 bits per heavy atom. The van der Waals surface area contributed by atoms with Crippen molar-refractivity contribution < 1.29 is 29.2 Å². The summed E-state index contributed by atoms with van der Waals surface area (Å²) >= 11 is 0. The molecule has 0 amide bonds. The van der Waals surface area contributed by atoms with Gasteiger partial charge in [0.05, 0.1) is 26.4 Å². The lowest BCUT2D eigenvalue weighted by Crippen LogP contribution is -2.60. The van der Waals surface area contributed by atoms with Gasteiger partial charge in [-0.05, 0) is 16.7 Å².